The van der Waals surface area contributed by atoms with Crippen LogP contribution in [-0.4, -0.2) is 44.9 Å². The Hall–Kier alpha value is -2.27. The van der Waals surface area contributed by atoms with E-state index in [1.54, 1.807) is 12.4 Å². The molecule has 1 aromatic heterocycles. The van der Waals surface area contributed by atoms with Gasteiger partial charge in [0, 0.05) is 12.4 Å². The SMILES string of the molecule is CC(C)C.CNC.Cc1ccccc1.N.NC(O)=S.NC(O)=S.c1cn[nH]c1. The molecule has 0 amide bonds. The fraction of sp³-hybridized carbons (Fsp3) is 0.389. The number of rotatable bonds is 0. The summed E-state index contributed by atoms with van der Waals surface area (Å²) in [5.41, 5.74) is 10.1. The summed E-state index contributed by atoms with van der Waals surface area (Å²) >= 11 is 7.74. The molecule has 0 unspecified atom stereocenters. The molecule has 10 heteroatoms. The fourth-order valence-corrected chi connectivity index (χ4v) is 0.750. The number of aromatic nitrogens is 2. The largest absolute Gasteiger partial charge is 0.487 e. The maximum absolute atomic E-state index is 7.56. The Morgan fingerprint density at radius 3 is 1.43 bits per heavy atom. The molecule has 0 atom stereocenters. The normalized spacial score (nSPS) is 7.25. The lowest BCUT2D eigenvalue weighted by molar-refractivity contribution is 0.559. The maximum atomic E-state index is 7.56. The van der Waals surface area contributed by atoms with Crippen LogP contribution in [0.4, 0.5) is 0 Å². The molecule has 0 saturated heterocycles. The van der Waals surface area contributed by atoms with E-state index >= 15 is 0 Å². The van der Waals surface area contributed by atoms with Crippen LogP contribution >= 0.6 is 24.4 Å². The predicted molar refractivity (Wildman–Crippen MR) is 129 cm³/mol. The zero-order valence-electron chi connectivity index (χ0n) is 17.7. The van der Waals surface area contributed by atoms with Gasteiger partial charge in [0.25, 0.3) is 10.3 Å². The minimum Gasteiger partial charge on any atom is -0.487 e. The third kappa shape index (κ3) is 106. The molecule has 8 nitrogen and oxygen atoms in total. The van der Waals surface area contributed by atoms with Gasteiger partial charge < -0.3 is 33.1 Å². The highest BCUT2D eigenvalue weighted by atomic mass is 32.1. The number of aryl methyl sites for hydroxylation is 1. The highest BCUT2D eigenvalue weighted by Gasteiger charge is 1.72. The summed E-state index contributed by atoms with van der Waals surface area (Å²) in [6.07, 6.45) is 3.46. The van der Waals surface area contributed by atoms with Gasteiger partial charge in [-0.15, -0.1) is 0 Å². The minimum absolute atomic E-state index is 0. The van der Waals surface area contributed by atoms with Gasteiger partial charge in [-0.25, -0.2) is 0 Å². The molecule has 0 aliphatic carbocycles. The summed E-state index contributed by atoms with van der Waals surface area (Å²) in [4.78, 5) is 0. The van der Waals surface area contributed by atoms with Crippen molar-refractivity contribution in [2.45, 2.75) is 27.7 Å². The number of hydrogen-bond acceptors (Lipinski definition) is 5. The molecule has 0 radical (unpaired) electrons. The number of aliphatic hydroxyl groups is 2. The van der Waals surface area contributed by atoms with Crippen LogP contribution < -0.4 is 22.9 Å². The number of H-pyrrole nitrogens is 1. The molecule has 164 valence electrons. The number of nitrogens with two attached hydrogens (primary N) is 2. The van der Waals surface area contributed by atoms with Crippen molar-refractivity contribution >= 4 is 34.8 Å². The molecule has 2 aromatic rings. The van der Waals surface area contributed by atoms with Crippen LogP contribution in [0, 0.1) is 12.8 Å². The fourth-order valence-electron chi connectivity index (χ4n) is 0.750. The van der Waals surface area contributed by atoms with E-state index in [0.717, 1.165) is 5.92 Å². The Labute approximate surface area is 180 Å². The van der Waals surface area contributed by atoms with Crippen molar-refractivity contribution in [2.24, 2.45) is 17.4 Å². The molecule has 0 saturated carbocycles. The Bertz CT molecular complexity index is 472. The number of aromatic amines is 1. The molecular formula is C18H38N6O2S2. The van der Waals surface area contributed by atoms with Gasteiger partial charge in [0.1, 0.15) is 0 Å². The van der Waals surface area contributed by atoms with Crippen molar-refractivity contribution in [2.75, 3.05) is 14.1 Å². The van der Waals surface area contributed by atoms with Gasteiger partial charge in [0.2, 0.25) is 0 Å². The Morgan fingerprint density at radius 1 is 1.00 bits per heavy atom. The third-order valence-electron chi connectivity index (χ3n) is 1.35. The summed E-state index contributed by atoms with van der Waals surface area (Å²) in [6, 6.07) is 12.1. The smallest absolute Gasteiger partial charge is 0.251 e. The summed E-state index contributed by atoms with van der Waals surface area (Å²) in [5.74, 6) is 0.833. The average molecular weight is 435 g/mol. The molecule has 0 spiro atoms. The zero-order valence-corrected chi connectivity index (χ0v) is 19.3. The maximum Gasteiger partial charge on any atom is 0.251 e. The first-order valence-corrected chi connectivity index (χ1v) is 8.83. The van der Waals surface area contributed by atoms with Crippen LogP contribution in [0.1, 0.15) is 26.3 Å². The van der Waals surface area contributed by atoms with Crippen molar-refractivity contribution in [3.8, 4) is 0 Å². The van der Waals surface area contributed by atoms with Crippen molar-refractivity contribution in [3.63, 3.8) is 0 Å². The van der Waals surface area contributed by atoms with E-state index in [0.29, 0.717) is 0 Å². The molecule has 0 fully saturated rings. The monoisotopic (exact) mass is 434 g/mol. The summed E-state index contributed by atoms with van der Waals surface area (Å²) < 4.78 is 0. The van der Waals surface area contributed by atoms with Crippen LogP contribution in [0.2, 0.25) is 0 Å². The molecule has 0 aliphatic heterocycles. The highest BCUT2D eigenvalue weighted by Crippen LogP contribution is 1.92. The van der Waals surface area contributed by atoms with Crippen LogP contribution in [0.3, 0.4) is 0 Å². The highest BCUT2D eigenvalue weighted by molar-refractivity contribution is 7.80. The van der Waals surface area contributed by atoms with Gasteiger partial charge in [0.05, 0.1) is 0 Å². The second kappa shape index (κ2) is 32.4. The number of aliphatic hydroxyl groups excluding tert-OH is 2. The summed E-state index contributed by atoms with van der Waals surface area (Å²) in [5, 5.41) is 23.1. The second-order valence-corrected chi connectivity index (χ2v) is 6.17. The van der Waals surface area contributed by atoms with Crippen LogP contribution in [-0.2, 0) is 0 Å². The van der Waals surface area contributed by atoms with Crippen LogP contribution in [0.25, 0.3) is 0 Å². The number of hydrogen-bond donors (Lipinski definition) is 7. The van der Waals surface area contributed by atoms with Crippen molar-refractivity contribution < 1.29 is 10.2 Å². The minimum atomic E-state index is -0.500. The topological polar surface area (TPSA) is 168 Å². The molecule has 0 bridgehead atoms. The van der Waals surface area contributed by atoms with Crippen LogP contribution in [0.15, 0.2) is 48.8 Å². The number of nitrogens with zero attached hydrogens (tertiary/aromatic N) is 1. The average Bonchev–Trinajstić information content (AvgIpc) is 3.06. The van der Waals surface area contributed by atoms with Gasteiger partial charge >= 0.3 is 0 Å². The van der Waals surface area contributed by atoms with Gasteiger partial charge in [-0.05, 0) is 57.4 Å². The standard InChI is InChI=1S/C7H8.C4H10.C3H4N2.C2H7N.2CH3NOS.H3N/c1-7-5-3-2-4-6-7;1-4(2)3;1-2-4-5-3-1;1-3-2;2*2-1(3)4;/h2-6H,1H3;4H,1-3H3;1-3H,(H,4,5);3H,1-2H3;2*(H3,2,3,4);1H3. The van der Waals surface area contributed by atoms with E-state index < -0.39 is 10.3 Å². The number of nitrogens with one attached hydrogen (secondary N) is 2. The third-order valence-corrected chi connectivity index (χ3v) is 1.35. The van der Waals surface area contributed by atoms with E-state index in [1.165, 1.54) is 5.56 Å². The van der Waals surface area contributed by atoms with E-state index in [2.05, 4.69) is 91.2 Å². The Kier molecular flexibility index (Phi) is 42.4. The Balaban J connectivity index is -0.0000000771. The van der Waals surface area contributed by atoms with Crippen molar-refractivity contribution in [1.82, 2.24) is 21.7 Å². The van der Waals surface area contributed by atoms with Crippen molar-refractivity contribution in [1.29, 1.82) is 0 Å². The number of benzene rings is 1. The van der Waals surface area contributed by atoms with E-state index in [-0.39, 0.29) is 6.15 Å². The van der Waals surface area contributed by atoms with Gasteiger partial charge in [-0.1, -0.05) is 56.7 Å². The van der Waals surface area contributed by atoms with E-state index in [4.69, 9.17) is 10.2 Å². The van der Waals surface area contributed by atoms with Gasteiger partial charge in [-0.2, -0.15) is 5.10 Å². The van der Waals surface area contributed by atoms with Crippen molar-refractivity contribution in [3.05, 3.63) is 54.4 Å². The van der Waals surface area contributed by atoms with Crippen LogP contribution in [0.5, 0.6) is 0 Å². The molecule has 28 heavy (non-hydrogen) atoms. The summed E-state index contributed by atoms with van der Waals surface area (Å²) in [6.45, 7) is 8.58. The quantitative estimate of drug-likeness (QED) is 0.306. The molecule has 1 aromatic carbocycles. The first-order valence-electron chi connectivity index (χ1n) is 8.01. The van der Waals surface area contributed by atoms with Gasteiger partial charge in [0.15, 0.2) is 0 Å². The first-order chi connectivity index (χ1) is 12.5. The predicted octanol–water partition coefficient (Wildman–Crippen LogP) is 3.64. The van der Waals surface area contributed by atoms with Gasteiger partial charge in [-0.3, -0.25) is 5.10 Å². The molecule has 1 heterocycles. The lowest BCUT2D eigenvalue weighted by atomic mass is 10.2. The first kappa shape index (κ1) is 36.6. The Morgan fingerprint density at radius 2 is 1.32 bits per heavy atom. The second-order valence-electron chi connectivity index (χ2n) is 5.33. The molecule has 11 N–H and O–H groups in total. The molecule has 2 rings (SSSR count). The lowest BCUT2D eigenvalue weighted by Gasteiger charge is -1.82. The van der Waals surface area contributed by atoms with E-state index in [1.807, 2.05) is 38.4 Å². The van der Waals surface area contributed by atoms with E-state index in [9.17, 15) is 0 Å². The molecular weight excluding hydrogens is 396 g/mol. The molecule has 0 aliphatic rings. The number of thiocarbonyl (C=S) groups is 2. The summed E-state index contributed by atoms with van der Waals surface area (Å²) in [7, 11) is 3.75. The lowest BCUT2D eigenvalue weighted by Crippen LogP contribution is -2.03. The zero-order chi connectivity index (χ0) is 22.1.